The summed E-state index contributed by atoms with van der Waals surface area (Å²) in [6.07, 6.45) is 15.6. The number of amides is 1. The Kier molecular flexibility index (Phi) is 4.87. The normalized spacial score (nSPS) is 34.6. The number of rotatable bonds is 2. The smallest absolute Gasteiger partial charge is 0.227 e. The minimum Gasteiger partial charge on any atom is -0.328 e. The molecule has 0 saturated heterocycles. The van der Waals surface area contributed by atoms with Crippen LogP contribution in [0.3, 0.4) is 0 Å². The second-order valence-electron chi connectivity index (χ2n) is 9.99. The molecule has 0 bridgehead atoms. The fourth-order valence-electron chi connectivity index (χ4n) is 7.47. The first-order valence-corrected chi connectivity index (χ1v) is 12.2. The number of carbonyl (C=O) groups excluding carboxylic acids is 1. The van der Waals surface area contributed by atoms with Crippen LogP contribution >= 0.6 is 11.6 Å². The van der Waals surface area contributed by atoms with E-state index in [1.165, 1.54) is 19.3 Å². The molecule has 1 N–H and O–H groups in total. The van der Waals surface area contributed by atoms with Gasteiger partial charge < -0.3 is 9.88 Å². The van der Waals surface area contributed by atoms with E-state index in [0.717, 1.165) is 36.9 Å². The number of benzene rings is 1. The van der Waals surface area contributed by atoms with Crippen molar-refractivity contribution in [1.29, 1.82) is 5.26 Å². The fourth-order valence-corrected chi connectivity index (χ4v) is 7.70. The minimum absolute atomic E-state index is 0.0625. The Morgan fingerprint density at radius 3 is 2.72 bits per heavy atom. The molecule has 1 aromatic heterocycles. The molecule has 2 heterocycles. The molecule has 1 unspecified atom stereocenters. The van der Waals surface area contributed by atoms with Gasteiger partial charge in [-0.3, -0.25) is 4.79 Å². The van der Waals surface area contributed by atoms with Gasteiger partial charge in [-0.25, -0.2) is 4.98 Å². The van der Waals surface area contributed by atoms with E-state index in [2.05, 4.69) is 39.3 Å². The first-order valence-electron chi connectivity index (χ1n) is 11.9. The van der Waals surface area contributed by atoms with Crippen molar-refractivity contribution in [3.8, 4) is 6.07 Å². The summed E-state index contributed by atoms with van der Waals surface area (Å²) in [7, 11) is 0. The summed E-state index contributed by atoms with van der Waals surface area (Å²) >= 11 is 6.30. The first-order chi connectivity index (χ1) is 15.6. The van der Waals surface area contributed by atoms with Gasteiger partial charge in [-0.1, -0.05) is 17.7 Å². The number of anilines is 1. The molecule has 164 valence electrons. The maximum atomic E-state index is 13.2. The van der Waals surface area contributed by atoms with Gasteiger partial charge in [0.15, 0.2) is 0 Å². The van der Waals surface area contributed by atoms with Gasteiger partial charge in [0, 0.05) is 30.3 Å². The maximum absolute atomic E-state index is 13.2. The van der Waals surface area contributed by atoms with Crippen LogP contribution in [-0.2, 0) is 4.79 Å². The monoisotopic (exact) mass is 446 g/mol. The molecule has 32 heavy (non-hydrogen) atoms. The Balaban J connectivity index is 1.17. The van der Waals surface area contributed by atoms with Crippen molar-refractivity contribution in [3.63, 3.8) is 0 Å². The average Bonchev–Trinajstić information content (AvgIpc) is 3.47. The number of imidazole rings is 1. The van der Waals surface area contributed by atoms with Crippen molar-refractivity contribution >= 4 is 29.3 Å². The summed E-state index contributed by atoms with van der Waals surface area (Å²) in [5.41, 5.74) is 1.11. The Morgan fingerprint density at radius 1 is 1.09 bits per heavy atom. The van der Waals surface area contributed by atoms with E-state index in [1.54, 1.807) is 18.2 Å². The maximum Gasteiger partial charge on any atom is 0.227 e. The number of allylic oxidation sites excluding steroid dienone is 1. The predicted octanol–water partition coefficient (Wildman–Crippen LogP) is 5.69. The van der Waals surface area contributed by atoms with Crippen molar-refractivity contribution in [2.24, 2.45) is 35.5 Å². The van der Waals surface area contributed by atoms with Gasteiger partial charge >= 0.3 is 0 Å². The molecule has 3 aliphatic carbocycles. The number of aromatic nitrogens is 2. The Morgan fingerprint density at radius 2 is 1.88 bits per heavy atom. The molecular weight excluding hydrogens is 420 g/mol. The Bertz CT molecular complexity index is 1130. The van der Waals surface area contributed by atoms with E-state index in [1.807, 2.05) is 6.20 Å². The van der Waals surface area contributed by atoms with E-state index in [9.17, 15) is 4.79 Å². The molecule has 5 nitrogen and oxygen atoms in total. The number of halogens is 1. The number of hydrogen-bond acceptors (Lipinski definition) is 3. The third-order valence-corrected chi connectivity index (χ3v) is 9.07. The van der Waals surface area contributed by atoms with Crippen LogP contribution in [0.2, 0.25) is 5.02 Å². The van der Waals surface area contributed by atoms with Crippen molar-refractivity contribution in [2.45, 2.75) is 44.6 Å². The molecule has 1 aliphatic heterocycles. The molecule has 3 fully saturated rings. The number of nitriles is 1. The molecule has 7 atom stereocenters. The van der Waals surface area contributed by atoms with Crippen LogP contribution in [0.5, 0.6) is 0 Å². The largest absolute Gasteiger partial charge is 0.328 e. The van der Waals surface area contributed by atoms with Gasteiger partial charge in [0.1, 0.15) is 5.82 Å². The quantitative estimate of drug-likeness (QED) is 0.643. The number of carbonyl (C=O) groups is 1. The number of nitrogens with one attached hydrogen (secondary N) is 1. The van der Waals surface area contributed by atoms with Crippen LogP contribution in [-0.4, -0.2) is 15.5 Å². The third-order valence-electron chi connectivity index (χ3n) is 8.76. The summed E-state index contributed by atoms with van der Waals surface area (Å²) < 4.78 is 2.39. The lowest BCUT2D eigenvalue weighted by molar-refractivity contribution is -0.122. The second-order valence-corrected chi connectivity index (χ2v) is 10.4. The minimum atomic E-state index is 0.0625. The second kappa shape index (κ2) is 7.78. The third kappa shape index (κ3) is 3.11. The predicted molar refractivity (Wildman–Crippen MR) is 124 cm³/mol. The molecule has 6 rings (SSSR count). The lowest BCUT2D eigenvalue weighted by atomic mass is 9.56. The number of nitrogens with zero attached hydrogens (tertiary/aromatic N) is 3. The van der Waals surface area contributed by atoms with Crippen molar-refractivity contribution in [1.82, 2.24) is 9.55 Å². The van der Waals surface area contributed by atoms with Gasteiger partial charge in [-0.2, -0.15) is 5.26 Å². The number of fused-ring (bicyclic) bond motifs is 7. The standard InChI is InChI=1S/C26H27ClN4O/c27-22-13-15(14-28)1-8-23(22)30-26(32)21-5-4-16-17-6-9-24-20(18(17)2-3-19(16)21)7-10-25-29-11-12-31(24)25/h1,7-8,10-13,16-21,24H,2-6,9H2,(H,30,32)/t16-,17-,18-,19-,20+,21+,24?/m0/s1. The molecule has 0 radical (unpaired) electrons. The zero-order valence-corrected chi connectivity index (χ0v) is 18.7. The average molecular weight is 447 g/mol. The van der Waals surface area contributed by atoms with Crippen molar-refractivity contribution < 1.29 is 4.79 Å². The van der Waals surface area contributed by atoms with Crippen LogP contribution in [0, 0.1) is 46.8 Å². The Labute approximate surface area is 193 Å². The van der Waals surface area contributed by atoms with Crippen molar-refractivity contribution in [3.05, 3.63) is 53.1 Å². The fraction of sp³-hybridized carbons (Fsp3) is 0.500. The zero-order valence-electron chi connectivity index (χ0n) is 18.0. The topological polar surface area (TPSA) is 70.7 Å². The SMILES string of the molecule is N#Cc1ccc(NC(=O)[C@@H]2CC[C@H]3[C@@H]4CCC5[C@H](C=Cc6nccn65)[C@H]4CC[C@@H]32)c(Cl)c1. The molecule has 0 spiro atoms. The van der Waals surface area contributed by atoms with Crippen molar-refractivity contribution in [2.75, 3.05) is 5.32 Å². The molecule has 4 aliphatic rings. The van der Waals surface area contributed by atoms with E-state index >= 15 is 0 Å². The van der Waals surface area contributed by atoms with E-state index in [4.69, 9.17) is 16.9 Å². The molecule has 2 aromatic rings. The first kappa shape index (κ1) is 20.1. The number of hydrogen-bond donors (Lipinski definition) is 1. The summed E-state index contributed by atoms with van der Waals surface area (Å²) in [4.78, 5) is 17.7. The van der Waals surface area contributed by atoms with Crippen LogP contribution in [0.15, 0.2) is 36.7 Å². The highest BCUT2D eigenvalue weighted by Gasteiger charge is 2.52. The highest BCUT2D eigenvalue weighted by molar-refractivity contribution is 6.33. The summed E-state index contributed by atoms with van der Waals surface area (Å²) in [5, 5.41) is 12.5. The molecular formula is C26H27ClN4O. The van der Waals surface area contributed by atoms with Gasteiger partial charge in [-0.05, 0) is 86.5 Å². The van der Waals surface area contributed by atoms with E-state index in [0.29, 0.717) is 40.1 Å². The summed E-state index contributed by atoms with van der Waals surface area (Å²) in [6, 6.07) is 7.69. The van der Waals surface area contributed by atoms with E-state index < -0.39 is 0 Å². The summed E-state index contributed by atoms with van der Waals surface area (Å²) in [5.74, 6) is 4.42. The van der Waals surface area contributed by atoms with Gasteiger partial charge in [-0.15, -0.1) is 0 Å². The zero-order chi connectivity index (χ0) is 21.8. The lowest BCUT2D eigenvalue weighted by Gasteiger charge is -2.51. The van der Waals surface area contributed by atoms with Crippen LogP contribution < -0.4 is 5.32 Å². The molecule has 6 heteroatoms. The van der Waals surface area contributed by atoms with Gasteiger partial charge in [0.25, 0.3) is 0 Å². The van der Waals surface area contributed by atoms with Crippen LogP contribution in [0.1, 0.15) is 56.0 Å². The Hall–Kier alpha value is -2.58. The van der Waals surface area contributed by atoms with Gasteiger partial charge in [0.05, 0.1) is 22.3 Å². The molecule has 1 aromatic carbocycles. The van der Waals surface area contributed by atoms with Gasteiger partial charge in [0.2, 0.25) is 5.91 Å². The molecule has 3 saturated carbocycles. The lowest BCUT2D eigenvalue weighted by Crippen LogP contribution is -2.44. The molecule has 1 amide bonds. The highest BCUT2D eigenvalue weighted by atomic mass is 35.5. The van der Waals surface area contributed by atoms with E-state index in [-0.39, 0.29) is 11.8 Å². The summed E-state index contributed by atoms with van der Waals surface area (Å²) in [6.45, 7) is 0. The highest BCUT2D eigenvalue weighted by Crippen LogP contribution is 2.58. The van der Waals surface area contributed by atoms with Crippen LogP contribution in [0.4, 0.5) is 5.69 Å². The van der Waals surface area contributed by atoms with Crippen LogP contribution in [0.25, 0.3) is 6.08 Å².